The van der Waals surface area contributed by atoms with Gasteiger partial charge >= 0.3 is 5.97 Å². The number of nitrogens with one attached hydrogen (secondary N) is 1. The smallest absolute Gasteiger partial charge is 0.343 e. The summed E-state index contributed by atoms with van der Waals surface area (Å²) in [6.07, 6.45) is 0. The highest BCUT2D eigenvalue weighted by atomic mass is 35.5. The molecule has 0 radical (unpaired) electrons. The van der Waals surface area contributed by atoms with Gasteiger partial charge in [0.2, 0.25) is 0 Å². The number of carbonyl (C=O) groups excluding carboxylic acids is 1. The van der Waals surface area contributed by atoms with E-state index in [0.717, 1.165) is 6.07 Å². The molecular formula is C23H21ClFNO7S. The second-order valence-electron chi connectivity index (χ2n) is 6.93. The lowest BCUT2D eigenvalue weighted by molar-refractivity contribution is -0.142. The van der Waals surface area contributed by atoms with Crippen LogP contribution >= 0.6 is 11.6 Å². The maximum Gasteiger partial charge on any atom is 0.343 e. The first-order valence-corrected chi connectivity index (χ1v) is 11.6. The number of aliphatic hydroxyl groups excluding tert-OH is 1. The van der Waals surface area contributed by atoms with Gasteiger partial charge in [-0.05, 0) is 41.5 Å². The molecule has 3 aromatic rings. The predicted octanol–water partition coefficient (Wildman–Crippen LogP) is 4.00. The molecule has 34 heavy (non-hydrogen) atoms. The Morgan fingerprint density at radius 3 is 2.53 bits per heavy atom. The zero-order valence-electron chi connectivity index (χ0n) is 18.2. The molecule has 0 saturated carbocycles. The number of ether oxygens (including phenoxy) is 3. The molecule has 0 unspecified atom stereocenters. The second-order valence-corrected chi connectivity index (χ2v) is 8.99. The molecule has 180 valence electrons. The van der Waals surface area contributed by atoms with Crippen LogP contribution in [-0.4, -0.2) is 40.3 Å². The van der Waals surface area contributed by atoms with E-state index in [0.29, 0.717) is 16.9 Å². The largest absolute Gasteiger partial charge is 0.494 e. The first-order chi connectivity index (χ1) is 16.2. The van der Waals surface area contributed by atoms with Crippen LogP contribution in [0, 0.1) is 5.82 Å². The van der Waals surface area contributed by atoms with Crippen molar-refractivity contribution in [2.24, 2.45) is 0 Å². The fourth-order valence-corrected chi connectivity index (χ4v) is 4.78. The summed E-state index contributed by atoms with van der Waals surface area (Å²) in [5.41, 5.74) is 0.813. The van der Waals surface area contributed by atoms with Gasteiger partial charge in [0.25, 0.3) is 10.0 Å². The van der Waals surface area contributed by atoms with Crippen LogP contribution in [0.5, 0.6) is 11.5 Å². The number of aliphatic hydroxyl groups is 1. The quantitative estimate of drug-likeness (QED) is 0.419. The highest BCUT2D eigenvalue weighted by Gasteiger charge is 2.24. The van der Waals surface area contributed by atoms with E-state index in [9.17, 15) is 22.7 Å². The van der Waals surface area contributed by atoms with E-state index in [2.05, 4.69) is 9.46 Å². The van der Waals surface area contributed by atoms with Gasteiger partial charge in [0.05, 0.1) is 31.5 Å². The fraction of sp³-hybridized carbons (Fsp3) is 0.174. The lowest BCUT2D eigenvalue weighted by Gasteiger charge is -2.16. The molecule has 11 heteroatoms. The van der Waals surface area contributed by atoms with Crippen molar-refractivity contribution in [1.82, 2.24) is 0 Å². The Bertz CT molecular complexity index is 1310. The molecule has 0 fully saturated rings. The minimum atomic E-state index is -4.37. The molecule has 0 aliphatic rings. The Labute approximate surface area is 200 Å². The zero-order chi connectivity index (χ0) is 24.9. The molecule has 0 aliphatic heterocycles. The zero-order valence-corrected chi connectivity index (χ0v) is 19.7. The molecule has 0 heterocycles. The van der Waals surface area contributed by atoms with Gasteiger partial charge in [-0.3, -0.25) is 4.72 Å². The van der Waals surface area contributed by atoms with Crippen LogP contribution in [0.4, 0.5) is 10.1 Å². The third kappa shape index (κ3) is 5.58. The standard InChI is InChI=1S/C23H21ClFNO7S/c1-31-22(28)13-33-20-6-4-3-5-16(20)15-7-8-18(25)19(11-15)26-34(29,30)21-10-14(12-27)9-17(24)23(21)32-2/h3-11,26-27H,12-13H2,1-2H3. The number of esters is 1. The number of anilines is 1. The average molecular weight is 510 g/mol. The van der Waals surface area contributed by atoms with Crippen LogP contribution in [0.2, 0.25) is 5.02 Å². The number of halogens is 2. The molecule has 0 aliphatic carbocycles. The number of methoxy groups -OCH3 is 2. The predicted molar refractivity (Wildman–Crippen MR) is 124 cm³/mol. The summed E-state index contributed by atoms with van der Waals surface area (Å²) in [7, 11) is -1.90. The number of para-hydroxylation sites is 1. The van der Waals surface area contributed by atoms with E-state index >= 15 is 0 Å². The Morgan fingerprint density at radius 1 is 1.12 bits per heavy atom. The third-order valence-corrected chi connectivity index (χ3v) is 6.38. The summed E-state index contributed by atoms with van der Waals surface area (Å²) in [4.78, 5) is 11.1. The van der Waals surface area contributed by atoms with Crippen LogP contribution in [0.3, 0.4) is 0 Å². The van der Waals surface area contributed by atoms with E-state index in [1.54, 1.807) is 24.3 Å². The molecule has 0 amide bonds. The van der Waals surface area contributed by atoms with E-state index in [4.69, 9.17) is 21.1 Å². The first kappa shape index (κ1) is 25.3. The van der Waals surface area contributed by atoms with Crippen molar-refractivity contribution in [3.05, 3.63) is 71.0 Å². The van der Waals surface area contributed by atoms with Gasteiger partial charge in [-0.15, -0.1) is 0 Å². The number of sulfonamides is 1. The Kier molecular flexibility index (Phi) is 7.98. The van der Waals surface area contributed by atoms with Gasteiger partial charge in [0, 0.05) is 5.56 Å². The molecule has 0 bridgehead atoms. The summed E-state index contributed by atoms with van der Waals surface area (Å²) >= 11 is 6.09. The molecule has 0 spiro atoms. The van der Waals surface area contributed by atoms with Crippen LogP contribution in [0.1, 0.15) is 5.56 Å². The molecule has 3 rings (SSSR count). The highest BCUT2D eigenvalue weighted by Crippen LogP contribution is 2.36. The van der Waals surface area contributed by atoms with Gasteiger partial charge in [-0.1, -0.05) is 35.9 Å². The van der Waals surface area contributed by atoms with Crippen molar-refractivity contribution in [2.75, 3.05) is 25.5 Å². The molecule has 0 saturated heterocycles. The van der Waals surface area contributed by atoms with Crippen LogP contribution < -0.4 is 14.2 Å². The maximum absolute atomic E-state index is 14.6. The number of benzene rings is 3. The summed E-state index contributed by atoms with van der Waals surface area (Å²) in [6.45, 7) is -0.797. The van der Waals surface area contributed by atoms with Gasteiger partial charge in [0.15, 0.2) is 12.4 Å². The van der Waals surface area contributed by atoms with Gasteiger partial charge in [0.1, 0.15) is 16.5 Å². The van der Waals surface area contributed by atoms with Gasteiger partial charge in [-0.2, -0.15) is 0 Å². The first-order valence-electron chi connectivity index (χ1n) is 9.78. The van der Waals surface area contributed by atoms with Crippen molar-refractivity contribution in [3.63, 3.8) is 0 Å². The fourth-order valence-electron chi connectivity index (χ4n) is 3.11. The second kappa shape index (κ2) is 10.7. The van der Waals surface area contributed by atoms with Crippen LogP contribution in [0.25, 0.3) is 11.1 Å². The Hall–Kier alpha value is -3.34. The minimum absolute atomic E-state index is 0.0275. The summed E-state index contributed by atoms with van der Waals surface area (Å²) < 4.78 is 58.2. The Morgan fingerprint density at radius 2 is 1.85 bits per heavy atom. The molecule has 0 atom stereocenters. The average Bonchev–Trinajstić information content (AvgIpc) is 2.83. The van der Waals surface area contributed by atoms with Crippen molar-refractivity contribution < 1.29 is 36.9 Å². The summed E-state index contributed by atoms with van der Waals surface area (Å²) in [5, 5.41) is 9.39. The monoisotopic (exact) mass is 509 g/mol. The van der Waals surface area contributed by atoms with E-state index < -0.39 is 28.4 Å². The van der Waals surface area contributed by atoms with Crippen molar-refractivity contribution >= 4 is 33.3 Å². The topological polar surface area (TPSA) is 111 Å². The molecule has 2 N–H and O–H groups in total. The van der Waals surface area contributed by atoms with Crippen molar-refractivity contribution in [3.8, 4) is 22.6 Å². The van der Waals surface area contributed by atoms with Gasteiger partial charge < -0.3 is 19.3 Å². The van der Waals surface area contributed by atoms with Crippen LogP contribution in [0.15, 0.2) is 59.5 Å². The van der Waals surface area contributed by atoms with E-state index in [1.165, 1.54) is 38.5 Å². The van der Waals surface area contributed by atoms with Gasteiger partial charge in [-0.25, -0.2) is 17.6 Å². The highest BCUT2D eigenvalue weighted by molar-refractivity contribution is 7.92. The number of rotatable bonds is 9. The van der Waals surface area contributed by atoms with Crippen molar-refractivity contribution in [1.29, 1.82) is 0 Å². The number of hydrogen-bond donors (Lipinski definition) is 2. The SMILES string of the molecule is COC(=O)COc1ccccc1-c1ccc(F)c(NS(=O)(=O)c2cc(CO)cc(Cl)c2OC)c1. The summed E-state index contributed by atoms with van der Waals surface area (Å²) in [6, 6.07) is 13.1. The molecular weight excluding hydrogens is 489 g/mol. The number of hydrogen-bond acceptors (Lipinski definition) is 7. The lowest BCUT2D eigenvalue weighted by atomic mass is 10.0. The molecule has 3 aromatic carbocycles. The lowest BCUT2D eigenvalue weighted by Crippen LogP contribution is -2.16. The van der Waals surface area contributed by atoms with E-state index in [1.807, 2.05) is 0 Å². The normalized spacial score (nSPS) is 11.1. The van der Waals surface area contributed by atoms with Crippen LogP contribution in [-0.2, 0) is 26.2 Å². The molecule has 0 aromatic heterocycles. The summed E-state index contributed by atoms with van der Waals surface area (Å²) in [5.74, 6) is -1.24. The Balaban J connectivity index is 2.01. The van der Waals surface area contributed by atoms with Crippen molar-refractivity contribution in [2.45, 2.75) is 11.5 Å². The minimum Gasteiger partial charge on any atom is -0.494 e. The maximum atomic E-state index is 14.6. The molecule has 8 nitrogen and oxygen atoms in total. The number of carbonyl (C=O) groups is 1. The van der Waals surface area contributed by atoms with E-state index in [-0.39, 0.29) is 33.5 Å². The third-order valence-electron chi connectivity index (χ3n) is 4.73.